The Hall–Kier alpha value is -3.01. The van der Waals surface area contributed by atoms with Gasteiger partial charge in [-0.25, -0.2) is 9.78 Å². The molecule has 3 heterocycles. The number of fused-ring (bicyclic) bond motifs is 1. The molecular formula is C19H16ClF3N4O3. The number of anilines is 1. The fourth-order valence-corrected chi connectivity index (χ4v) is 3.67. The molecule has 7 nitrogen and oxygen atoms in total. The lowest BCUT2D eigenvalue weighted by Gasteiger charge is -2.35. The van der Waals surface area contributed by atoms with Gasteiger partial charge in [-0.1, -0.05) is 23.7 Å². The smallest absolute Gasteiger partial charge is 0.408 e. The minimum atomic E-state index is -4.52. The number of amides is 1. The van der Waals surface area contributed by atoms with Crippen LogP contribution in [0, 0.1) is 0 Å². The number of halogens is 4. The first-order chi connectivity index (χ1) is 14.2. The number of pyridine rings is 1. The van der Waals surface area contributed by atoms with E-state index in [0.29, 0.717) is 37.3 Å². The van der Waals surface area contributed by atoms with Gasteiger partial charge in [0.15, 0.2) is 5.58 Å². The van der Waals surface area contributed by atoms with Gasteiger partial charge in [0.2, 0.25) is 5.91 Å². The Kier molecular flexibility index (Phi) is 5.19. The van der Waals surface area contributed by atoms with Crippen LogP contribution < -0.4 is 10.7 Å². The predicted octanol–water partition coefficient (Wildman–Crippen LogP) is 3.01. The molecule has 2 aromatic heterocycles. The van der Waals surface area contributed by atoms with Gasteiger partial charge in [-0.05, 0) is 18.2 Å². The summed E-state index contributed by atoms with van der Waals surface area (Å²) in [6.45, 7) is 1.19. The van der Waals surface area contributed by atoms with E-state index in [-0.39, 0.29) is 23.3 Å². The minimum Gasteiger partial charge on any atom is -0.408 e. The largest absolute Gasteiger partial charge is 0.420 e. The second kappa shape index (κ2) is 7.67. The van der Waals surface area contributed by atoms with Crippen LogP contribution in [-0.4, -0.2) is 46.5 Å². The Labute approximate surface area is 173 Å². The molecule has 0 spiro atoms. The number of piperazine rings is 1. The van der Waals surface area contributed by atoms with Crippen molar-refractivity contribution in [1.29, 1.82) is 0 Å². The molecular weight excluding hydrogens is 425 g/mol. The topological polar surface area (TPSA) is 71.6 Å². The van der Waals surface area contributed by atoms with Gasteiger partial charge < -0.3 is 14.2 Å². The van der Waals surface area contributed by atoms with Gasteiger partial charge in [-0.2, -0.15) is 13.2 Å². The third-order valence-electron chi connectivity index (χ3n) is 4.95. The summed E-state index contributed by atoms with van der Waals surface area (Å²) >= 11 is 6.00. The summed E-state index contributed by atoms with van der Waals surface area (Å²) in [5.74, 6) is -0.618. The average molecular weight is 441 g/mol. The van der Waals surface area contributed by atoms with Gasteiger partial charge in [0, 0.05) is 32.4 Å². The summed E-state index contributed by atoms with van der Waals surface area (Å²) in [7, 11) is 0. The van der Waals surface area contributed by atoms with Crippen LogP contribution in [0.1, 0.15) is 5.56 Å². The molecule has 0 radical (unpaired) electrons. The molecule has 3 aromatic rings. The van der Waals surface area contributed by atoms with Gasteiger partial charge in [-0.3, -0.25) is 9.36 Å². The van der Waals surface area contributed by atoms with Crippen molar-refractivity contribution in [2.75, 3.05) is 31.1 Å². The lowest BCUT2D eigenvalue weighted by Crippen LogP contribution is -2.50. The first-order valence-electron chi connectivity index (χ1n) is 9.08. The van der Waals surface area contributed by atoms with Gasteiger partial charge in [0.1, 0.15) is 12.4 Å². The Morgan fingerprint density at radius 3 is 2.53 bits per heavy atom. The fraction of sp³-hybridized carbons (Fsp3) is 0.316. The predicted molar refractivity (Wildman–Crippen MR) is 104 cm³/mol. The highest BCUT2D eigenvalue weighted by Gasteiger charge is 2.32. The fourth-order valence-electron chi connectivity index (χ4n) is 3.39. The molecule has 0 bridgehead atoms. The highest BCUT2D eigenvalue weighted by Crippen LogP contribution is 2.33. The van der Waals surface area contributed by atoms with E-state index in [4.69, 9.17) is 16.0 Å². The highest BCUT2D eigenvalue weighted by atomic mass is 35.5. The molecule has 0 aliphatic carbocycles. The number of alkyl halides is 3. The number of hydrogen-bond donors (Lipinski definition) is 0. The van der Waals surface area contributed by atoms with Crippen LogP contribution in [0.15, 0.2) is 45.7 Å². The Morgan fingerprint density at radius 1 is 1.17 bits per heavy atom. The summed E-state index contributed by atoms with van der Waals surface area (Å²) in [5.41, 5.74) is 0.0289. The summed E-state index contributed by atoms with van der Waals surface area (Å²) < 4.78 is 44.7. The summed E-state index contributed by atoms with van der Waals surface area (Å²) in [5, 5.41) is -0.0963. The highest BCUT2D eigenvalue weighted by molar-refractivity contribution is 6.33. The lowest BCUT2D eigenvalue weighted by atomic mass is 10.2. The van der Waals surface area contributed by atoms with Crippen molar-refractivity contribution in [1.82, 2.24) is 14.5 Å². The van der Waals surface area contributed by atoms with Crippen LogP contribution in [0.4, 0.5) is 19.0 Å². The third kappa shape index (κ3) is 3.87. The van der Waals surface area contributed by atoms with E-state index in [1.54, 1.807) is 34.1 Å². The van der Waals surface area contributed by atoms with Crippen LogP contribution in [0.25, 0.3) is 11.1 Å². The Morgan fingerprint density at radius 2 is 1.87 bits per heavy atom. The number of benzene rings is 1. The van der Waals surface area contributed by atoms with E-state index < -0.39 is 17.5 Å². The van der Waals surface area contributed by atoms with Crippen molar-refractivity contribution >= 4 is 34.4 Å². The number of aromatic nitrogens is 2. The van der Waals surface area contributed by atoms with Crippen LogP contribution in [0.2, 0.25) is 5.02 Å². The van der Waals surface area contributed by atoms with Crippen molar-refractivity contribution in [3.8, 4) is 0 Å². The van der Waals surface area contributed by atoms with Crippen LogP contribution in [0.5, 0.6) is 0 Å². The van der Waals surface area contributed by atoms with E-state index in [9.17, 15) is 22.8 Å². The zero-order valence-electron chi connectivity index (χ0n) is 15.5. The second-order valence-electron chi connectivity index (χ2n) is 6.82. The first-order valence-corrected chi connectivity index (χ1v) is 9.45. The number of carbonyl (C=O) groups excluding carboxylic acids is 1. The standard InChI is InChI=1S/C19H16ClF3N4O3/c20-13-9-12(19(21,22)23)10-24-17(13)26-7-5-25(6-8-26)16(28)11-27-14-3-1-2-4-15(14)30-18(27)29/h1-4,9-10H,5-8,11H2. The molecule has 1 fully saturated rings. The molecule has 11 heteroatoms. The second-order valence-corrected chi connectivity index (χ2v) is 7.22. The maximum absolute atomic E-state index is 12.8. The molecule has 1 aromatic carbocycles. The molecule has 1 aliphatic heterocycles. The van der Waals surface area contributed by atoms with Crippen LogP contribution in [0.3, 0.4) is 0 Å². The van der Waals surface area contributed by atoms with E-state index in [1.807, 2.05) is 0 Å². The van der Waals surface area contributed by atoms with Gasteiger partial charge in [0.05, 0.1) is 16.1 Å². The third-order valence-corrected chi connectivity index (χ3v) is 5.23. The zero-order chi connectivity index (χ0) is 21.5. The van der Waals surface area contributed by atoms with Gasteiger partial charge >= 0.3 is 11.9 Å². The molecule has 1 amide bonds. The molecule has 1 saturated heterocycles. The molecule has 4 rings (SSSR count). The van der Waals surface area contributed by atoms with Gasteiger partial charge in [-0.15, -0.1) is 0 Å². The maximum Gasteiger partial charge on any atom is 0.420 e. The van der Waals surface area contributed by atoms with Crippen molar-refractivity contribution in [3.63, 3.8) is 0 Å². The van der Waals surface area contributed by atoms with Crippen molar-refractivity contribution < 1.29 is 22.4 Å². The molecule has 158 valence electrons. The zero-order valence-corrected chi connectivity index (χ0v) is 16.3. The quantitative estimate of drug-likeness (QED) is 0.626. The molecule has 0 unspecified atom stereocenters. The maximum atomic E-state index is 12.8. The van der Waals surface area contributed by atoms with Crippen molar-refractivity contribution in [3.05, 3.63) is 57.7 Å². The van der Waals surface area contributed by atoms with E-state index in [2.05, 4.69) is 4.98 Å². The molecule has 0 atom stereocenters. The number of nitrogens with zero attached hydrogens (tertiary/aromatic N) is 4. The van der Waals surface area contributed by atoms with Crippen molar-refractivity contribution in [2.24, 2.45) is 0 Å². The van der Waals surface area contributed by atoms with E-state index >= 15 is 0 Å². The Balaban J connectivity index is 1.43. The number of para-hydroxylation sites is 2. The Bertz CT molecular complexity index is 1150. The average Bonchev–Trinajstić information content (AvgIpc) is 3.02. The number of carbonyl (C=O) groups is 1. The van der Waals surface area contributed by atoms with Crippen LogP contribution in [-0.2, 0) is 17.5 Å². The first kappa shape index (κ1) is 20.3. The number of rotatable bonds is 3. The molecule has 30 heavy (non-hydrogen) atoms. The van der Waals surface area contributed by atoms with E-state index in [0.717, 1.165) is 12.3 Å². The van der Waals surface area contributed by atoms with E-state index in [1.165, 1.54) is 4.57 Å². The summed E-state index contributed by atoms with van der Waals surface area (Å²) in [6.07, 6.45) is -3.77. The van der Waals surface area contributed by atoms with Crippen molar-refractivity contribution in [2.45, 2.75) is 12.7 Å². The normalized spacial score (nSPS) is 15.1. The van der Waals surface area contributed by atoms with Crippen LogP contribution >= 0.6 is 11.6 Å². The van der Waals surface area contributed by atoms with Gasteiger partial charge in [0.25, 0.3) is 0 Å². The lowest BCUT2D eigenvalue weighted by molar-refractivity contribution is -0.138. The minimum absolute atomic E-state index is 0.0963. The molecule has 0 N–H and O–H groups in total. The number of oxazole rings is 1. The number of hydrogen-bond acceptors (Lipinski definition) is 5. The summed E-state index contributed by atoms with van der Waals surface area (Å²) in [4.78, 5) is 31.9. The SMILES string of the molecule is O=C(Cn1c(=O)oc2ccccc21)N1CCN(c2ncc(C(F)(F)F)cc2Cl)CC1. The molecule has 1 aliphatic rings. The monoisotopic (exact) mass is 440 g/mol. The molecule has 0 saturated carbocycles. The summed E-state index contributed by atoms with van der Waals surface area (Å²) in [6, 6.07) is 7.67.